The van der Waals surface area contributed by atoms with Crippen LogP contribution >= 0.6 is 0 Å². The van der Waals surface area contributed by atoms with Crippen molar-refractivity contribution in [1.82, 2.24) is 0 Å². The summed E-state index contributed by atoms with van der Waals surface area (Å²) >= 11 is 0. The van der Waals surface area contributed by atoms with Crippen molar-refractivity contribution in [2.75, 3.05) is 7.11 Å². The van der Waals surface area contributed by atoms with Crippen LogP contribution < -0.4 is 0 Å². The first-order chi connectivity index (χ1) is 10.4. The zero-order valence-corrected chi connectivity index (χ0v) is 11.8. The van der Waals surface area contributed by atoms with Crippen LogP contribution in [-0.4, -0.2) is 12.9 Å². The van der Waals surface area contributed by atoms with Gasteiger partial charge < -0.3 is 0 Å². The van der Waals surface area contributed by atoms with Gasteiger partial charge in [-0.2, -0.15) is 0 Å². The molecular weight excluding hydrogens is 256 g/mol. The second-order valence-corrected chi connectivity index (χ2v) is 5.19. The summed E-state index contributed by atoms with van der Waals surface area (Å²) in [6.07, 6.45) is 8.30. The number of benzene rings is 2. The highest BCUT2D eigenvalue weighted by molar-refractivity contribution is 6.07. The van der Waals surface area contributed by atoms with Crippen molar-refractivity contribution in [3.8, 4) is 11.1 Å². The maximum absolute atomic E-state index is 5.26. The number of ketones is 1. The van der Waals surface area contributed by atoms with E-state index >= 15 is 0 Å². The molecule has 1 heteroatoms. The Morgan fingerprint density at radius 3 is 1.57 bits per heavy atom. The number of rotatable bonds is 0. The highest BCUT2D eigenvalue weighted by Crippen LogP contribution is 2.45. The monoisotopic (exact) mass is 271 g/mol. The second-order valence-electron chi connectivity index (χ2n) is 5.19. The van der Waals surface area contributed by atoms with Crippen LogP contribution in [0, 0.1) is 0 Å². The van der Waals surface area contributed by atoms with E-state index in [9.17, 15) is 0 Å². The average Bonchev–Trinajstić information content (AvgIpc) is 2.90. The van der Waals surface area contributed by atoms with Gasteiger partial charge in [0.05, 0.1) is 0 Å². The molecule has 0 unspecified atom stereocenters. The van der Waals surface area contributed by atoms with Crippen molar-refractivity contribution in [2.24, 2.45) is 0 Å². The molecule has 0 radical (unpaired) electrons. The SMILES string of the molecule is C[O+]=C1C=CC(=C2c3ccccc3-c3ccccc32)C=C1. The highest BCUT2D eigenvalue weighted by atomic mass is 16.4. The van der Waals surface area contributed by atoms with Gasteiger partial charge in [-0.05, 0) is 45.6 Å². The number of carbonyl (C=O) groups excluding carboxylic acids is 1. The van der Waals surface area contributed by atoms with E-state index in [1.54, 1.807) is 7.11 Å². The highest BCUT2D eigenvalue weighted by Gasteiger charge is 2.24. The standard InChI is InChI=1S/C20H15O/c1-21-15-12-10-14(11-13-15)20-18-8-4-2-6-16(18)17-7-3-5-9-19(17)20/h2-13H,1H3/q+1. The minimum absolute atomic E-state index is 0.888. The van der Waals surface area contributed by atoms with Crippen LogP contribution in [0.2, 0.25) is 0 Å². The molecule has 0 saturated heterocycles. The van der Waals surface area contributed by atoms with Crippen molar-refractivity contribution < 1.29 is 4.42 Å². The summed E-state index contributed by atoms with van der Waals surface area (Å²) in [7, 11) is 1.70. The summed E-state index contributed by atoms with van der Waals surface area (Å²) in [4.78, 5) is 0. The number of fused-ring (bicyclic) bond motifs is 3. The Balaban J connectivity index is 2.01. The molecule has 0 spiro atoms. The Bertz CT molecular complexity index is 782. The zero-order chi connectivity index (χ0) is 14.2. The second kappa shape index (κ2) is 4.71. The molecule has 2 aromatic rings. The van der Waals surface area contributed by atoms with E-state index in [0.717, 1.165) is 5.78 Å². The zero-order valence-electron chi connectivity index (χ0n) is 11.8. The molecule has 21 heavy (non-hydrogen) atoms. The number of allylic oxidation sites excluding steroid dienone is 5. The summed E-state index contributed by atoms with van der Waals surface area (Å²) in [5, 5.41) is 0. The minimum Gasteiger partial charge on any atom is -0.258 e. The molecule has 2 aliphatic rings. The van der Waals surface area contributed by atoms with E-state index in [-0.39, 0.29) is 0 Å². The Labute approximate surface area is 124 Å². The maximum atomic E-state index is 5.26. The molecule has 4 rings (SSSR count). The van der Waals surface area contributed by atoms with E-state index in [2.05, 4.69) is 60.7 Å². The quantitative estimate of drug-likeness (QED) is 0.539. The molecule has 0 N–H and O–H groups in total. The molecule has 2 aromatic carbocycles. The van der Waals surface area contributed by atoms with Crippen LogP contribution in [0.15, 0.2) is 78.4 Å². The van der Waals surface area contributed by atoms with Gasteiger partial charge in [-0.3, -0.25) is 4.42 Å². The van der Waals surface area contributed by atoms with Gasteiger partial charge >= 0.3 is 5.78 Å². The molecule has 0 saturated carbocycles. The predicted molar refractivity (Wildman–Crippen MR) is 87.1 cm³/mol. The number of hydrogen-bond acceptors (Lipinski definition) is 0. The summed E-state index contributed by atoms with van der Waals surface area (Å²) < 4.78 is 5.26. The first-order valence-corrected chi connectivity index (χ1v) is 7.09. The number of hydrogen-bond donors (Lipinski definition) is 0. The fourth-order valence-electron chi connectivity index (χ4n) is 3.09. The van der Waals surface area contributed by atoms with E-state index in [1.807, 2.05) is 12.2 Å². The summed E-state index contributed by atoms with van der Waals surface area (Å²) in [5.74, 6) is 0.888. The third-order valence-electron chi connectivity index (χ3n) is 4.06. The summed E-state index contributed by atoms with van der Waals surface area (Å²) in [6, 6.07) is 17.2. The van der Waals surface area contributed by atoms with E-state index < -0.39 is 0 Å². The molecule has 0 bridgehead atoms. The van der Waals surface area contributed by atoms with Crippen molar-refractivity contribution >= 4 is 11.4 Å². The molecule has 100 valence electrons. The van der Waals surface area contributed by atoms with Crippen LogP contribution in [0.1, 0.15) is 11.1 Å². The lowest BCUT2D eigenvalue weighted by Gasteiger charge is -2.07. The van der Waals surface area contributed by atoms with Gasteiger partial charge in [0.1, 0.15) is 0 Å². The average molecular weight is 271 g/mol. The normalized spacial score (nSPS) is 15.2. The van der Waals surface area contributed by atoms with Gasteiger partial charge in [0.2, 0.25) is 0 Å². The molecular formula is C20H15O+. The van der Waals surface area contributed by atoms with E-state index in [4.69, 9.17) is 4.42 Å². The van der Waals surface area contributed by atoms with Crippen molar-refractivity contribution in [2.45, 2.75) is 0 Å². The molecule has 0 atom stereocenters. The van der Waals surface area contributed by atoms with Gasteiger partial charge in [0, 0.05) is 12.2 Å². The lowest BCUT2D eigenvalue weighted by Crippen LogP contribution is -1.97. The summed E-state index contributed by atoms with van der Waals surface area (Å²) in [6.45, 7) is 0. The predicted octanol–water partition coefficient (Wildman–Crippen LogP) is 4.33. The van der Waals surface area contributed by atoms with Crippen LogP contribution in [0.5, 0.6) is 0 Å². The molecule has 0 aromatic heterocycles. The van der Waals surface area contributed by atoms with Crippen LogP contribution in [0.25, 0.3) is 16.7 Å². The largest absolute Gasteiger partial charge is 0.343 e. The third kappa shape index (κ3) is 1.82. The fraction of sp³-hybridized carbons (Fsp3) is 0.0500. The Kier molecular flexibility index (Phi) is 2.71. The Morgan fingerprint density at radius 2 is 1.10 bits per heavy atom. The minimum atomic E-state index is 0.888. The van der Waals surface area contributed by atoms with Crippen molar-refractivity contribution in [3.63, 3.8) is 0 Å². The topological polar surface area (TPSA) is 11.3 Å². The van der Waals surface area contributed by atoms with Crippen LogP contribution in [0.3, 0.4) is 0 Å². The first-order valence-electron chi connectivity index (χ1n) is 7.09. The Hall–Kier alpha value is -2.67. The van der Waals surface area contributed by atoms with Gasteiger partial charge in [-0.25, -0.2) is 0 Å². The molecule has 0 fully saturated rings. The van der Waals surface area contributed by atoms with Crippen LogP contribution in [-0.2, 0) is 4.42 Å². The van der Waals surface area contributed by atoms with Gasteiger partial charge in [-0.1, -0.05) is 48.5 Å². The maximum Gasteiger partial charge on any atom is 0.343 e. The van der Waals surface area contributed by atoms with Crippen molar-refractivity contribution in [1.29, 1.82) is 0 Å². The van der Waals surface area contributed by atoms with Crippen LogP contribution in [0.4, 0.5) is 0 Å². The molecule has 1 nitrogen and oxygen atoms in total. The van der Waals surface area contributed by atoms with Gasteiger partial charge in [0.15, 0.2) is 0 Å². The molecule has 2 aliphatic carbocycles. The first kappa shape index (κ1) is 12.1. The molecule has 0 heterocycles. The lowest BCUT2D eigenvalue weighted by atomic mass is 9.95. The lowest BCUT2D eigenvalue weighted by molar-refractivity contribution is -0.417. The van der Waals surface area contributed by atoms with E-state index in [0.29, 0.717) is 0 Å². The Morgan fingerprint density at radius 1 is 0.619 bits per heavy atom. The third-order valence-corrected chi connectivity index (χ3v) is 4.06. The molecule has 0 aliphatic heterocycles. The fourth-order valence-corrected chi connectivity index (χ4v) is 3.09. The summed E-state index contributed by atoms with van der Waals surface area (Å²) in [5.41, 5.74) is 7.79. The van der Waals surface area contributed by atoms with Gasteiger partial charge in [0.25, 0.3) is 7.11 Å². The van der Waals surface area contributed by atoms with Crippen molar-refractivity contribution in [3.05, 3.63) is 89.5 Å². The molecule has 0 amide bonds. The van der Waals surface area contributed by atoms with E-state index in [1.165, 1.54) is 33.4 Å². The van der Waals surface area contributed by atoms with Gasteiger partial charge in [-0.15, -0.1) is 0 Å². The smallest absolute Gasteiger partial charge is 0.258 e.